The maximum absolute atomic E-state index is 11.3. The molecule has 0 spiro atoms. The Morgan fingerprint density at radius 3 is 2.85 bits per heavy atom. The summed E-state index contributed by atoms with van der Waals surface area (Å²) < 4.78 is 9.88. The zero-order valence-corrected chi connectivity index (χ0v) is 11.6. The number of aliphatic hydroxyl groups excluding tert-OH is 1. The van der Waals surface area contributed by atoms with Gasteiger partial charge < -0.3 is 14.3 Å². The molecular weight excluding hydrogens is 260 g/mol. The van der Waals surface area contributed by atoms with Gasteiger partial charge >= 0.3 is 5.97 Å². The summed E-state index contributed by atoms with van der Waals surface area (Å²) in [5, 5.41) is 18.4. The fraction of sp³-hybridized carbons (Fsp3) is 0.357. The molecule has 0 saturated heterocycles. The quantitative estimate of drug-likeness (QED) is 0.857. The minimum Gasteiger partial charge on any atom is -0.463 e. The molecule has 0 fully saturated rings. The molecule has 1 N–H and O–H groups in total. The highest BCUT2D eigenvalue weighted by Gasteiger charge is 2.21. The third-order valence-corrected chi connectivity index (χ3v) is 2.94. The molecule has 2 aromatic rings. The lowest BCUT2D eigenvalue weighted by atomic mass is 10.0. The number of ether oxygens (including phenoxy) is 1. The van der Waals surface area contributed by atoms with Crippen molar-refractivity contribution < 1.29 is 19.1 Å². The van der Waals surface area contributed by atoms with E-state index in [0.29, 0.717) is 23.4 Å². The highest BCUT2D eigenvalue weighted by Crippen LogP contribution is 2.26. The average molecular weight is 276 g/mol. The van der Waals surface area contributed by atoms with Gasteiger partial charge in [-0.15, -0.1) is 0 Å². The van der Waals surface area contributed by atoms with E-state index in [-0.39, 0.29) is 11.5 Å². The van der Waals surface area contributed by atoms with Crippen LogP contribution in [-0.2, 0) is 11.2 Å². The summed E-state index contributed by atoms with van der Waals surface area (Å²) in [7, 11) is 1.27. The van der Waals surface area contributed by atoms with Crippen LogP contribution in [0.25, 0.3) is 0 Å². The predicted octanol–water partition coefficient (Wildman–Crippen LogP) is 1.81. The van der Waals surface area contributed by atoms with Gasteiger partial charge in [0, 0.05) is 5.56 Å². The first-order valence-corrected chi connectivity index (χ1v) is 6.26. The number of aromatic nitrogens is 2. The Morgan fingerprint density at radius 2 is 2.20 bits per heavy atom. The molecule has 0 saturated carbocycles. The highest BCUT2D eigenvalue weighted by atomic mass is 16.5. The summed E-state index contributed by atoms with van der Waals surface area (Å²) in [5.74, 6) is -0.256. The summed E-state index contributed by atoms with van der Waals surface area (Å²) in [6.07, 6.45) is -0.345. The Balaban J connectivity index is 2.36. The Hall–Kier alpha value is -2.21. The van der Waals surface area contributed by atoms with Crippen LogP contribution in [0, 0.1) is 6.92 Å². The first-order chi connectivity index (χ1) is 9.56. The van der Waals surface area contributed by atoms with Gasteiger partial charge in [0.15, 0.2) is 0 Å². The Morgan fingerprint density at radius 1 is 1.45 bits per heavy atom. The largest absolute Gasteiger partial charge is 0.463 e. The molecule has 2 heterocycles. The van der Waals surface area contributed by atoms with Crippen LogP contribution < -0.4 is 0 Å². The van der Waals surface area contributed by atoms with Crippen molar-refractivity contribution in [2.75, 3.05) is 7.11 Å². The van der Waals surface area contributed by atoms with E-state index in [2.05, 4.69) is 14.9 Å². The van der Waals surface area contributed by atoms with Gasteiger partial charge in [0.1, 0.15) is 11.9 Å². The Kier molecular flexibility index (Phi) is 4.14. The van der Waals surface area contributed by atoms with E-state index in [0.717, 1.165) is 0 Å². The normalized spacial score (nSPS) is 12.2. The number of hydrogen-bond donors (Lipinski definition) is 1. The maximum Gasteiger partial charge on any atom is 0.373 e. The van der Waals surface area contributed by atoms with Crippen molar-refractivity contribution in [1.82, 2.24) is 10.2 Å². The molecule has 0 bridgehead atoms. The van der Waals surface area contributed by atoms with Gasteiger partial charge in [-0.25, -0.2) is 4.79 Å². The van der Waals surface area contributed by atoms with E-state index in [1.54, 1.807) is 19.1 Å². The zero-order valence-electron chi connectivity index (χ0n) is 11.6. The monoisotopic (exact) mass is 276 g/mol. The van der Waals surface area contributed by atoms with Gasteiger partial charge in [-0.2, -0.15) is 10.2 Å². The zero-order chi connectivity index (χ0) is 14.7. The number of esters is 1. The maximum atomic E-state index is 11.3. The summed E-state index contributed by atoms with van der Waals surface area (Å²) in [6, 6.07) is 4.78. The van der Waals surface area contributed by atoms with E-state index >= 15 is 0 Å². The Labute approximate surface area is 116 Å². The molecule has 1 atom stereocenters. The molecule has 6 nitrogen and oxygen atoms in total. The fourth-order valence-corrected chi connectivity index (χ4v) is 1.91. The molecule has 2 aromatic heterocycles. The minimum atomic E-state index is -0.988. The molecule has 106 valence electrons. The number of nitrogens with zero attached hydrogens (tertiary/aromatic N) is 2. The molecule has 0 amide bonds. The van der Waals surface area contributed by atoms with E-state index in [9.17, 15) is 9.90 Å². The number of carbonyl (C=O) groups is 1. The van der Waals surface area contributed by atoms with E-state index in [1.165, 1.54) is 13.2 Å². The second kappa shape index (κ2) is 5.83. The number of carbonyl (C=O) groups excluding carboxylic acids is 1. The number of rotatable bonds is 4. The third kappa shape index (κ3) is 2.70. The van der Waals surface area contributed by atoms with Crippen LogP contribution in [0.15, 0.2) is 22.6 Å². The SMILES string of the molecule is CCc1nnc(C)cc1C(O)c1ccc(C(=O)OC)o1. The second-order valence-electron chi connectivity index (χ2n) is 4.34. The number of aryl methyl sites for hydroxylation is 2. The predicted molar refractivity (Wildman–Crippen MR) is 70.3 cm³/mol. The van der Waals surface area contributed by atoms with Crippen LogP contribution in [0.2, 0.25) is 0 Å². The summed E-state index contributed by atoms with van der Waals surface area (Å²) >= 11 is 0. The molecular formula is C14H16N2O4. The van der Waals surface area contributed by atoms with Crippen molar-refractivity contribution in [2.24, 2.45) is 0 Å². The van der Waals surface area contributed by atoms with Gasteiger partial charge in [-0.3, -0.25) is 0 Å². The van der Waals surface area contributed by atoms with Crippen molar-refractivity contribution in [3.05, 3.63) is 46.7 Å². The van der Waals surface area contributed by atoms with Crippen LogP contribution in [0.3, 0.4) is 0 Å². The van der Waals surface area contributed by atoms with Crippen molar-refractivity contribution in [1.29, 1.82) is 0 Å². The van der Waals surface area contributed by atoms with Crippen LogP contribution in [0.4, 0.5) is 0 Å². The second-order valence-corrected chi connectivity index (χ2v) is 4.34. The molecule has 1 unspecified atom stereocenters. The summed E-state index contributed by atoms with van der Waals surface area (Å²) in [4.78, 5) is 11.3. The van der Waals surface area contributed by atoms with Gasteiger partial charge in [-0.1, -0.05) is 6.92 Å². The molecule has 0 aliphatic rings. The number of methoxy groups -OCH3 is 1. The number of hydrogen-bond acceptors (Lipinski definition) is 6. The lowest BCUT2D eigenvalue weighted by Gasteiger charge is -2.12. The van der Waals surface area contributed by atoms with Crippen LogP contribution in [0.1, 0.15) is 46.3 Å². The van der Waals surface area contributed by atoms with Crippen molar-refractivity contribution in [2.45, 2.75) is 26.4 Å². The van der Waals surface area contributed by atoms with E-state index < -0.39 is 12.1 Å². The fourth-order valence-electron chi connectivity index (χ4n) is 1.91. The number of furan rings is 1. The van der Waals surface area contributed by atoms with E-state index in [4.69, 9.17) is 4.42 Å². The molecule has 6 heteroatoms. The van der Waals surface area contributed by atoms with Crippen molar-refractivity contribution in [3.8, 4) is 0 Å². The van der Waals surface area contributed by atoms with Crippen LogP contribution in [-0.4, -0.2) is 28.4 Å². The van der Waals surface area contributed by atoms with Crippen LogP contribution >= 0.6 is 0 Å². The molecule has 0 aliphatic heterocycles. The minimum absolute atomic E-state index is 0.0540. The van der Waals surface area contributed by atoms with Gasteiger partial charge in [0.2, 0.25) is 5.76 Å². The number of aliphatic hydroxyl groups is 1. The lowest BCUT2D eigenvalue weighted by molar-refractivity contribution is 0.0558. The molecule has 0 aromatic carbocycles. The topological polar surface area (TPSA) is 85.5 Å². The first kappa shape index (κ1) is 14.2. The highest BCUT2D eigenvalue weighted by molar-refractivity contribution is 5.86. The van der Waals surface area contributed by atoms with E-state index in [1.807, 2.05) is 6.92 Å². The summed E-state index contributed by atoms with van der Waals surface area (Å²) in [5.41, 5.74) is 2.03. The van der Waals surface area contributed by atoms with Crippen molar-refractivity contribution in [3.63, 3.8) is 0 Å². The molecule has 2 rings (SSSR count). The van der Waals surface area contributed by atoms with Crippen LogP contribution in [0.5, 0.6) is 0 Å². The van der Waals surface area contributed by atoms with Gasteiger partial charge in [0.05, 0.1) is 18.5 Å². The molecule has 20 heavy (non-hydrogen) atoms. The average Bonchev–Trinajstić information content (AvgIpc) is 2.95. The third-order valence-electron chi connectivity index (χ3n) is 2.94. The summed E-state index contributed by atoms with van der Waals surface area (Å²) in [6.45, 7) is 3.72. The van der Waals surface area contributed by atoms with Gasteiger partial charge in [0.25, 0.3) is 0 Å². The molecule has 0 aliphatic carbocycles. The first-order valence-electron chi connectivity index (χ1n) is 6.26. The van der Waals surface area contributed by atoms with Gasteiger partial charge in [-0.05, 0) is 31.5 Å². The lowest BCUT2D eigenvalue weighted by Crippen LogP contribution is -2.07. The standard InChI is InChI=1S/C14H16N2O4/c1-4-10-9(7-8(2)15-16-10)13(17)11-5-6-12(20-11)14(18)19-3/h5-7,13,17H,4H2,1-3H3. The Bertz CT molecular complexity index is 621. The molecule has 0 radical (unpaired) electrons. The van der Waals surface area contributed by atoms with Crippen molar-refractivity contribution >= 4 is 5.97 Å². The smallest absolute Gasteiger partial charge is 0.373 e.